The van der Waals surface area contributed by atoms with Crippen molar-refractivity contribution in [2.75, 3.05) is 6.61 Å². The highest BCUT2D eigenvalue weighted by Gasteiger charge is 2.25. The first kappa shape index (κ1) is 7.58. The highest BCUT2D eigenvalue weighted by Crippen LogP contribution is 2.29. The SMILES string of the molecule is CC1(C)CCCOC(=O)C1. The van der Waals surface area contributed by atoms with Gasteiger partial charge in [-0.05, 0) is 18.3 Å². The van der Waals surface area contributed by atoms with Crippen LogP contribution in [0.15, 0.2) is 0 Å². The van der Waals surface area contributed by atoms with Crippen LogP contribution >= 0.6 is 0 Å². The number of hydrogen-bond acceptors (Lipinski definition) is 2. The van der Waals surface area contributed by atoms with Crippen LogP contribution in [0.5, 0.6) is 0 Å². The molecule has 2 nitrogen and oxygen atoms in total. The van der Waals surface area contributed by atoms with Gasteiger partial charge in [-0.25, -0.2) is 0 Å². The molecule has 0 spiro atoms. The molecule has 1 aliphatic rings. The Morgan fingerprint density at radius 1 is 1.50 bits per heavy atom. The van der Waals surface area contributed by atoms with Gasteiger partial charge in [0.2, 0.25) is 0 Å². The summed E-state index contributed by atoms with van der Waals surface area (Å²) in [6.45, 7) is 4.83. The second-order valence-corrected chi connectivity index (χ2v) is 3.67. The number of carbonyl (C=O) groups is 1. The van der Waals surface area contributed by atoms with Gasteiger partial charge >= 0.3 is 5.97 Å². The standard InChI is InChI=1S/C8H14O2/c1-8(2)4-3-5-10-7(9)6-8/h3-6H2,1-2H3. The van der Waals surface area contributed by atoms with Gasteiger partial charge in [-0.2, -0.15) is 0 Å². The zero-order chi connectivity index (χ0) is 7.61. The summed E-state index contributed by atoms with van der Waals surface area (Å²) in [4.78, 5) is 10.9. The topological polar surface area (TPSA) is 26.3 Å². The lowest BCUT2D eigenvalue weighted by molar-refractivity contribution is -0.144. The molecule has 1 fully saturated rings. The van der Waals surface area contributed by atoms with Crippen molar-refractivity contribution in [1.29, 1.82) is 0 Å². The Hall–Kier alpha value is -0.530. The first-order valence-electron chi connectivity index (χ1n) is 3.76. The zero-order valence-corrected chi connectivity index (χ0v) is 6.64. The molecule has 2 heteroatoms. The van der Waals surface area contributed by atoms with Crippen LogP contribution in [0, 0.1) is 5.41 Å². The van der Waals surface area contributed by atoms with E-state index in [-0.39, 0.29) is 11.4 Å². The average Bonchev–Trinajstić information content (AvgIpc) is 1.90. The molecule has 0 amide bonds. The van der Waals surface area contributed by atoms with Crippen molar-refractivity contribution in [3.8, 4) is 0 Å². The Balaban J connectivity index is 2.54. The van der Waals surface area contributed by atoms with E-state index >= 15 is 0 Å². The molecule has 1 saturated heterocycles. The Morgan fingerprint density at radius 3 is 2.90 bits per heavy atom. The van der Waals surface area contributed by atoms with Gasteiger partial charge in [0.25, 0.3) is 0 Å². The van der Waals surface area contributed by atoms with Gasteiger partial charge in [-0.3, -0.25) is 4.79 Å². The van der Waals surface area contributed by atoms with Crippen molar-refractivity contribution in [1.82, 2.24) is 0 Å². The molecular formula is C8H14O2. The minimum Gasteiger partial charge on any atom is -0.466 e. The molecule has 0 aromatic heterocycles. The van der Waals surface area contributed by atoms with Crippen molar-refractivity contribution in [3.05, 3.63) is 0 Å². The molecule has 0 unspecified atom stereocenters. The van der Waals surface area contributed by atoms with Gasteiger partial charge in [0.05, 0.1) is 13.0 Å². The molecule has 0 radical (unpaired) electrons. The molecule has 0 bridgehead atoms. The predicted octanol–water partition coefficient (Wildman–Crippen LogP) is 1.74. The highest BCUT2D eigenvalue weighted by atomic mass is 16.5. The van der Waals surface area contributed by atoms with E-state index in [9.17, 15) is 4.79 Å². The Labute approximate surface area is 61.6 Å². The minimum atomic E-state index is -0.0394. The van der Waals surface area contributed by atoms with Crippen molar-refractivity contribution in [2.45, 2.75) is 33.1 Å². The Kier molecular flexibility index (Phi) is 1.97. The predicted molar refractivity (Wildman–Crippen MR) is 38.6 cm³/mol. The summed E-state index contributed by atoms with van der Waals surface area (Å²) >= 11 is 0. The van der Waals surface area contributed by atoms with Crippen LogP contribution in [-0.4, -0.2) is 12.6 Å². The summed E-state index contributed by atoms with van der Waals surface area (Å²) in [5, 5.41) is 0. The summed E-state index contributed by atoms with van der Waals surface area (Å²) in [5.41, 5.74) is 0.160. The Bertz CT molecular complexity index is 138. The molecule has 0 saturated carbocycles. The molecule has 0 N–H and O–H groups in total. The van der Waals surface area contributed by atoms with E-state index in [1.807, 2.05) is 0 Å². The van der Waals surface area contributed by atoms with E-state index in [4.69, 9.17) is 4.74 Å². The third-order valence-electron chi connectivity index (χ3n) is 1.88. The van der Waals surface area contributed by atoms with Gasteiger partial charge < -0.3 is 4.74 Å². The fraction of sp³-hybridized carbons (Fsp3) is 0.875. The van der Waals surface area contributed by atoms with E-state index < -0.39 is 0 Å². The van der Waals surface area contributed by atoms with E-state index in [1.54, 1.807) is 0 Å². The smallest absolute Gasteiger partial charge is 0.306 e. The second-order valence-electron chi connectivity index (χ2n) is 3.67. The Morgan fingerprint density at radius 2 is 2.20 bits per heavy atom. The second kappa shape index (κ2) is 2.60. The molecule has 10 heavy (non-hydrogen) atoms. The number of carbonyl (C=O) groups excluding carboxylic acids is 1. The fourth-order valence-electron chi connectivity index (χ4n) is 1.27. The fourth-order valence-corrected chi connectivity index (χ4v) is 1.27. The van der Waals surface area contributed by atoms with Crippen LogP contribution in [0.3, 0.4) is 0 Å². The van der Waals surface area contributed by atoms with Crippen molar-refractivity contribution < 1.29 is 9.53 Å². The lowest BCUT2D eigenvalue weighted by Crippen LogP contribution is -2.14. The zero-order valence-electron chi connectivity index (χ0n) is 6.64. The van der Waals surface area contributed by atoms with Crippen molar-refractivity contribution >= 4 is 5.97 Å². The highest BCUT2D eigenvalue weighted by molar-refractivity contribution is 5.70. The van der Waals surface area contributed by atoms with Crippen LogP contribution < -0.4 is 0 Å². The largest absolute Gasteiger partial charge is 0.466 e. The van der Waals surface area contributed by atoms with E-state index in [1.165, 1.54) is 0 Å². The lowest BCUT2D eigenvalue weighted by Gasteiger charge is -2.18. The van der Waals surface area contributed by atoms with E-state index in [2.05, 4.69) is 13.8 Å². The maximum absolute atomic E-state index is 10.9. The minimum absolute atomic E-state index is 0.0394. The summed E-state index contributed by atoms with van der Waals surface area (Å²) in [6.07, 6.45) is 2.68. The van der Waals surface area contributed by atoms with Crippen LogP contribution in [0.4, 0.5) is 0 Å². The maximum atomic E-state index is 10.9. The van der Waals surface area contributed by atoms with Crippen molar-refractivity contribution in [2.24, 2.45) is 5.41 Å². The molecule has 1 aliphatic heterocycles. The molecule has 0 aromatic carbocycles. The summed E-state index contributed by atoms with van der Waals surface area (Å²) in [5.74, 6) is -0.0394. The van der Waals surface area contributed by atoms with Gasteiger partial charge in [-0.15, -0.1) is 0 Å². The first-order chi connectivity index (χ1) is 4.60. The number of cyclic esters (lactones) is 1. The summed E-state index contributed by atoms with van der Waals surface area (Å²) < 4.78 is 4.90. The maximum Gasteiger partial charge on any atom is 0.306 e. The van der Waals surface area contributed by atoms with Gasteiger partial charge in [0.15, 0.2) is 0 Å². The number of esters is 1. The molecular weight excluding hydrogens is 128 g/mol. The quantitative estimate of drug-likeness (QED) is 0.481. The molecule has 0 atom stereocenters. The first-order valence-corrected chi connectivity index (χ1v) is 3.76. The van der Waals surface area contributed by atoms with E-state index in [0.29, 0.717) is 13.0 Å². The summed E-state index contributed by atoms with van der Waals surface area (Å²) in [6, 6.07) is 0. The molecule has 0 aliphatic carbocycles. The lowest BCUT2D eigenvalue weighted by atomic mass is 9.85. The van der Waals surface area contributed by atoms with Crippen LogP contribution in [0.1, 0.15) is 33.1 Å². The average molecular weight is 142 g/mol. The third-order valence-corrected chi connectivity index (χ3v) is 1.88. The van der Waals surface area contributed by atoms with E-state index in [0.717, 1.165) is 12.8 Å². The monoisotopic (exact) mass is 142 g/mol. The van der Waals surface area contributed by atoms with Crippen LogP contribution in [-0.2, 0) is 9.53 Å². The molecule has 0 aromatic rings. The number of ether oxygens (including phenoxy) is 1. The molecule has 58 valence electrons. The van der Waals surface area contributed by atoms with Gasteiger partial charge in [-0.1, -0.05) is 13.8 Å². The normalized spacial score (nSPS) is 25.2. The van der Waals surface area contributed by atoms with Crippen LogP contribution in [0.25, 0.3) is 0 Å². The molecule has 1 heterocycles. The van der Waals surface area contributed by atoms with Crippen molar-refractivity contribution in [3.63, 3.8) is 0 Å². The van der Waals surface area contributed by atoms with Gasteiger partial charge in [0.1, 0.15) is 0 Å². The number of hydrogen-bond donors (Lipinski definition) is 0. The third kappa shape index (κ3) is 2.01. The van der Waals surface area contributed by atoms with Gasteiger partial charge in [0, 0.05) is 0 Å². The van der Waals surface area contributed by atoms with Crippen LogP contribution in [0.2, 0.25) is 0 Å². The summed E-state index contributed by atoms with van der Waals surface area (Å²) in [7, 11) is 0. The number of rotatable bonds is 0. The molecule has 1 rings (SSSR count).